The lowest BCUT2D eigenvalue weighted by molar-refractivity contribution is -0.149. The molecule has 1 aromatic rings. The molecule has 0 spiro atoms. The summed E-state index contributed by atoms with van der Waals surface area (Å²) in [5, 5.41) is 14.8. The van der Waals surface area contributed by atoms with Gasteiger partial charge in [0.1, 0.15) is 0 Å². The minimum Gasteiger partial charge on any atom is -0.481 e. The molecule has 0 saturated carbocycles. The van der Waals surface area contributed by atoms with E-state index in [1.54, 1.807) is 0 Å². The van der Waals surface area contributed by atoms with Crippen LogP contribution in [0.25, 0.3) is 0 Å². The monoisotopic (exact) mass is 227 g/mol. The zero-order valence-corrected chi connectivity index (χ0v) is 9.06. The highest BCUT2D eigenvalue weighted by molar-refractivity contribution is 5.84. The molecule has 0 radical (unpaired) electrons. The van der Waals surface area contributed by atoms with Crippen molar-refractivity contribution in [3.05, 3.63) is 12.2 Å². The van der Waals surface area contributed by atoms with Crippen molar-refractivity contribution in [3.63, 3.8) is 0 Å². The maximum atomic E-state index is 11.4. The molecule has 0 saturated heterocycles. The summed E-state index contributed by atoms with van der Waals surface area (Å²) in [5.41, 5.74) is -1.08. The van der Waals surface area contributed by atoms with Gasteiger partial charge in [0.2, 0.25) is 12.3 Å². The zero-order valence-electron chi connectivity index (χ0n) is 9.06. The molecule has 16 heavy (non-hydrogen) atoms. The fraction of sp³-hybridized carbons (Fsp3) is 0.556. The molecule has 0 aliphatic carbocycles. The van der Waals surface area contributed by atoms with E-state index in [-0.39, 0.29) is 18.9 Å². The molecule has 0 aromatic carbocycles. The molecule has 88 valence electrons. The van der Waals surface area contributed by atoms with E-state index < -0.39 is 11.4 Å². The van der Waals surface area contributed by atoms with Crippen LogP contribution in [0.5, 0.6) is 0 Å². The summed E-state index contributed by atoms with van der Waals surface area (Å²) in [6, 6.07) is 0. The highest BCUT2D eigenvalue weighted by Crippen LogP contribution is 2.19. The van der Waals surface area contributed by atoms with E-state index in [2.05, 4.69) is 20.0 Å². The van der Waals surface area contributed by atoms with E-state index in [1.807, 2.05) is 0 Å². The molecule has 1 heterocycles. The van der Waals surface area contributed by atoms with Crippen LogP contribution in [0.3, 0.4) is 0 Å². The number of carboxylic acid groups (broad SMARTS) is 1. The summed E-state index contributed by atoms with van der Waals surface area (Å²) in [7, 11) is 0. The summed E-state index contributed by atoms with van der Waals surface area (Å²) in [6.07, 6.45) is 1.06. The van der Waals surface area contributed by atoms with E-state index >= 15 is 0 Å². The summed E-state index contributed by atoms with van der Waals surface area (Å²) < 4.78 is 4.48. The van der Waals surface area contributed by atoms with Gasteiger partial charge in [0.15, 0.2) is 5.82 Å². The van der Waals surface area contributed by atoms with Gasteiger partial charge < -0.3 is 14.9 Å². The predicted molar refractivity (Wildman–Crippen MR) is 52.2 cm³/mol. The maximum absolute atomic E-state index is 11.4. The molecule has 1 rings (SSSR count). The van der Waals surface area contributed by atoms with Crippen LogP contribution < -0.4 is 5.32 Å². The molecule has 1 aromatic heterocycles. The third-order valence-electron chi connectivity index (χ3n) is 2.03. The zero-order chi connectivity index (χ0) is 12.2. The van der Waals surface area contributed by atoms with Crippen LogP contribution in [0, 0.1) is 5.41 Å². The Hall–Kier alpha value is -1.92. The lowest BCUT2D eigenvalue weighted by Gasteiger charge is -2.17. The van der Waals surface area contributed by atoms with E-state index in [4.69, 9.17) is 5.11 Å². The number of aliphatic carboxylic acids is 1. The number of hydrogen-bond donors (Lipinski definition) is 2. The molecule has 0 fully saturated rings. The van der Waals surface area contributed by atoms with Crippen LogP contribution in [0.15, 0.2) is 10.9 Å². The highest BCUT2D eigenvalue weighted by Gasteiger charge is 2.30. The SMILES string of the molecule is CC(C)(CC(=O)NCc1ncon1)C(=O)O. The molecular weight excluding hydrogens is 214 g/mol. The average Bonchev–Trinajstić information content (AvgIpc) is 2.66. The lowest BCUT2D eigenvalue weighted by atomic mass is 9.89. The second-order valence-electron chi connectivity index (χ2n) is 3.99. The highest BCUT2D eigenvalue weighted by atomic mass is 16.5. The third-order valence-corrected chi connectivity index (χ3v) is 2.03. The van der Waals surface area contributed by atoms with Crippen molar-refractivity contribution >= 4 is 11.9 Å². The number of carbonyl (C=O) groups excluding carboxylic acids is 1. The van der Waals surface area contributed by atoms with Gasteiger partial charge in [0.25, 0.3) is 0 Å². The third kappa shape index (κ3) is 3.34. The van der Waals surface area contributed by atoms with Crippen molar-refractivity contribution in [2.45, 2.75) is 26.8 Å². The molecule has 0 atom stereocenters. The standard InChI is InChI=1S/C9H13N3O4/c1-9(2,8(14)15)3-7(13)10-4-6-11-5-16-12-6/h5H,3-4H2,1-2H3,(H,10,13)(H,14,15). The van der Waals surface area contributed by atoms with Crippen molar-refractivity contribution in [1.29, 1.82) is 0 Å². The molecule has 1 amide bonds. The maximum Gasteiger partial charge on any atom is 0.309 e. The molecule has 0 aliphatic rings. The van der Waals surface area contributed by atoms with E-state index in [9.17, 15) is 9.59 Å². The number of aromatic nitrogens is 2. The topological polar surface area (TPSA) is 105 Å². The summed E-state index contributed by atoms with van der Waals surface area (Å²) in [5.74, 6) is -1.03. The number of carbonyl (C=O) groups is 2. The molecule has 7 heteroatoms. The molecular formula is C9H13N3O4. The van der Waals surface area contributed by atoms with Crippen LogP contribution in [0.2, 0.25) is 0 Å². The lowest BCUT2D eigenvalue weighted by Crippen LogP contribution is -2.33. The quantitative estimate of drug-likeness (QED) is 0.743. The average molecular weight is 227 g/mol. The molecule has 7 nitrogen and oxygen atoms in total. The normalized spacial score (nSPS) is 11.1. The Kier molecular flexibility index (Phi) is 3.60. The van der Waals surface area contributed by atoms with E-state index in [0.717, 1.165) is 6.39 Å². The van der Waals surface area contributed by atoms with Crippen LogP contribution in [-0.4, -0.2) is 27.1 Å². The summed E-state index contributed by atoms with van der Waals surface area (Å²) in [6.45, 7) is 3.11. The number of rotatable bonds is 5. The first-order valence-corrected chi connectivity index (χ1v) is 4.67. The Balaban J connectivity index is 2.39. The Labute approximate surface area is 91.8 Å². The van der Waals surface area contributed by atoms with Crippen molar-refractivity contribution in [2.75, 3.05) is 0 Å². The molecule has 0 unspecified atom stereocenters. The molecule has 2 N–H and O–H groups in total. The van der Waals surface area contributed by atoms with Crippen LogP contribution >= 0.6 is 0 Å². The summed E-state index contributed by atoms with van der Waals surface area (Å²) in [4.78, 5) is 25.9. The van der Waals surface area contributed by atoms with Crippen molar-refractivity contribution < 1.29 is 19.2 Å². The predicted octanol–water partition coefficient (Wildman–Crippen LogP) is 0.187. The van der Waals surface area contributed by atoms with Crippen molar-refractivity contribution in [3.8, 4) is 0 Å². The van der Waals surface area contributed by atoms with E-state index in [0.29, 0.717) is 5.82 Å². The Morgan fingerprint density at radius 3 is 2.75 bits per heavy atom. The number of nitrogens with zero attached hydrogens (tertiary/aromatic N) is 2. The van der Waals surface area contributed by atoms with Gasteiger partial charge in [-0.1, -0.05) is 5.16 Å². The first-order valence-electron chi connectivity index (χ1n) is 4.67. The molecule has 0 aliphatic heterocycles. The molecule has 0 bridgehead atoms. The van der Waals surface area contributed by atoms with Crippen LogP contribution in [-0.2, 0) is 16.1 Å². The minimum atomic E-state index is -1.08. The van der Waals surface area contributed by atoms with E-state index in [1.165, 1.54) is 13.8 Å². The van der Waals surface area contributed by atoms with Gasteiger partial charge in [0, 0.05) is 6.42 Å². The minimum absolute atomic E-state index is 0.0970. The van der Waals surface area contributed by atoms with Crippen LogP contribution in [0.4, 0.5) is 0 Å². The van der Waals surface area contributed by atoms with Gasteiger partial charge in [-0.3, -0.25) is 9.59 Å². The van der Waals surface area contributed by atoms with Gasteiger partial charge in [0.05, 0.1) is 12.0 Å². The second-order valence-corrected chi connectivity index (χ2v) is 3.99. The fourth-order valence-electron chi connectivity index (χ4n) is 0.987. The van der Waals surface area contributed by atoms with Gasteiger partial charge in [-0.2, -0.15) is 4.98 Å². The first-order chi connectivity index (χ1) is 7.42. The number of hydrogen-bond acceptors (Lipinski definition) is 5. The Bertz CT molecular complexity index is 372. The summed E-state index contributed by atoms with van der Waals surface area (Å²) >= 11 is 0. The van der Waals surface area contributed by atoms with Gasteiger partial charge in [-0.15, -0.1) is 0 Å². The first kappa shape index (κ1) is 12.2. The van der Waals surface area contributed by atoms with Crippen LogP contribution in [0.1, 0.15) is 26.1 Å². The number of amides is 1. The van der Waals surface area contributed by atoms with Crippen molar-refractivity contribution in [2.24, 2.45) is 5.41 Å². The largest absolute Gasteiger partial charge is 0.481 e. The smallest absolute Gasteiger partial charge is 0.309 e. The fourth-order valence-corrected chi connectivity index (χ4v) is 0.987. The number of carboxylic acids is 1. The second kappa shape index (κ2) is 4.73. The van der Waals surface area contributed by atoms with Crippen molar-refractivity contribution in [1.82, 2.24) is 15.5 Å². The Morgan fingerprint density at radius 2 is 2.25 bits per heavy atom. The van der Waals surface area contributed by atoms with Gasteiger partial charge in [-0.05, 0) is 13.8 Å². The Morgan fingerprint density at radius 1 is 1.56 bits per heavy atom. The van der Waals surface area contributed by atoms with Gasteiger partial charge >= 0.3 is 5.97 Å². The number of nitrogens with one attached hydrogen (secondary N) is 1. The van der Waals surface area contributed by atoms with Gasteiger partial charge in [-0.25, -0.2) is 0 Å².